The Labute approximate surface area is 141 Å². The molecular weight excluding hydrogens is 327 g/mol. The Kier molecular flexibility index (Phi) is 3.39. The van der Waals surface area contributed by atoms with Gasteiger partial charge in [-0.1, -0.05) is 48.5 Å². The highest BCUT2D eigenvalue weighted by atomic mass is 19.4. The Morgan fingerprint density at radius 1 is 0.760 bits per heavy atom. The summed E-state index contributed by atoms with van der Waals surface area (Å²) in [6, 6.07) is 21.1. The Hall–Kier alpha value is -3.08. The highest BCUT2D eigenvalue weighted by molar-refractivity contribution is 6.12. The molecule has 0 atom stereocenters. The molecule has 0 aliphatic rings. The summed E-state index contributed by atoms with van der Waals surface area (Å²) in [5, 5.41) is 1.73. The van der Waals surface area contributed by atoms with Crippen LogP contribution < -0.4 is 0 Å². The first-order valence-corrected chi connectivity index (χ1v) is 7.67. The van der Waals surface area contributed by atoms with Crippen LogP contribution >= 0.6 is 0 Å². The maximum absolute atomic E-state index is 12.8. The molecule has 124 valence electrons. The molecule has 3 aromatic carbocycles. The van der Waals surface area contributed by atoms with E-state index >= 15 is 0 Å². The average Bonchev–Trinajstić information content (AvgIpc) is 2.94. The van der Waals surface area contributed by atoms with E-state index in [1.807, 2.05) is 59.2 Å². The number of aromatic nitrogens is 1. The van der Waals surface area contributed by atoms with Crippen LogP contribution in [0, 0.1) is 0 Å². The van der Waals surface area contributed by atoms with Gasteiger partial charge in [0.1, 0.15) is 0 Å². The number of benzene rings is 3. The lowest BCUT2D eigenvalue weighted by Crippen LogP contribution is -2.22. The summed E-state index contributed by atoms with van der Waals surface area (Å²) in [6.07, 6.45) is -4.89. The molecule has 0 fully saturated rings. The van der Waals surface area contributed by atoms with E-state index in [9.17, 15) is 18.0 Å². The monoisotopic (exact) mass is 339 g/mol. The molecule has 0 unspecified atom stereocenters. The van der Waals surface area contributed by atoms with Gasteiger partial charge in [-0.2, -0.15) is 13.2 Å². The lowest BCUT2D eigenvalue weighted by atomic mass is 10.1. The smallest absolute Gasteiger partial charge is 0.309 e. The number of nitrogens with zero attached hydrogens (tertiary/aromatic N) is 1. The highest BCUT2D eigenvalue weighted by Crippen LogP contribution is 2.33. The number of halogens is 3. The fourth-order valence-electron chi connectivity index (χ4n) is 3.13. The minimum absolute atomic E-state index is 0.361. The van der Waals surface area contributed by atoms with E-state index in [0.717, 1.165) is 22.0 Å². The molecule has 1 aromatic heterocycles. The third-order valence-electron chi connectivity index (χ3n) is 4.21. The van der Waals surface area contributed by atoms with Crippen molar-refractivity contribution in [2.24, 2.45) is 0 Å². The van der Waals surface area contributed by atoms with E-state index in [0.29, 0.717) is 5.52 Å². The van der Waals surface area contributed by atoms with Gasteiger partial charge in [-0.3, -0.25) is 4.79 Å². The summed E-state index contributed by atoms with van der Waals surface area (Å²) in [7, 11) is 0. The molecule has 2 nitrogen and oxygen atoms in total. The van der Waals surface area contributed by atoms with E-state index in [4.69, 9.17) is 0 Å². The number of hydrogen-bond donors (Lipinski definition) is 0. The Morgan fingerprint density at radius 2 is 1.40 bits per heavy atom. The van der Waals surface area contributed by atoms with Gasteiger partial charge in [0.25, 0.3) is 5.78 Å². The predicted octanol–water partition coefficient (Wildman–Crippen LogP) is 5.53. The molecule has 0 aliphatic heterocycles. The minimum Gasteiger partial charge on any atom is -0.309 e. The lowest BCUT2D eigenvalue weighted by molar-refractivity contribution is -0.0885. The first-order valence-electron chi connectivity index (χ1n) is 7.67. The molecule has 5 heteroatoms. The number of ketones is 1. The van der Waals surface area contributed by atoms with Crippen molar-refractivity contribution >= 4 is 27.6 Å². The standard InChI is InChI=1S/C20H12F3NO/c21-20(22,23)19(25)13-10-11-16-15-8-4-5-9-17(15)24(18(16)12-13)14-6-2-1-3-7-14/h1-12H. The van der Waals surface area contributed by atoms with Gasteiger partial charge < -0.3 is 4.57 Å². The summed E-state index contributed by atoms with van der Waals surface area (Å²) in [5.74, 6) is -1.83. The van der Waals surface area contributed by atoms with Gasteiger partial charge in [0.15, 0.2) is 0 Å². The van der Waals surface area contributed by atoms with Gasteiger partial charge in [-0.15, -0.1) is 0 Å². The summed E-state index contributed by atoms with van der Waals surface area (Å²) >= 11 is 0. The molecule has 0 radical (unpaired) electrons. The fraction of sp³-hybridized carbons (Fsp3) is 0.0500. The molecule has 4 aromatic rings. The maximum Gasteiger partial charge on any atom is 0.454 e. The van der Waals surface area contributed by atoms with Crippen molar-refractivity contribution in [2.45, 2.75) is 6.18 Å². The topological polar surface area (TPSA) is 22.0 Å². The van der Waals surface area contributed by atoms with Gasteiger partial charge in [-0.25, -0.2) is 0 Å². The normalized spacial score (nSPS) is 12.0. The number of rotatable bonds is 2. The summed E-state index contributed by atoms with van der Waals surface area (Å²) in [5.41, 5.74) is 1.91. The van der Waals surface area contributed by atoms with E-state index < -0.39 is 12.0 Å². The number of para-hydroxylation sites is 2. The van der Waals surface area contributed by atoms with Crippen LogP contribution in [0.15, 0.2) is 72.8 Å². The summed E-state index contributed by atoms with van der Waals surface area (Å²) in [4.78, 5) is 11.6. The molecule has 25 heavy (non-hydrogen) atoms. The van der Waals surface area contributed by atoms with Crippen LogP contribution in [0.1, 0.15) is 10.4 Å². The zero-order chi connectivity index (χ0) is 17.6. The second kappa shape index (κ2) is 5.48. The molecule has 0 saturated heterocycles. The second-order valence-electron chi connectivity index (χ2n) is 5.75. The second-order valence-corrected chi connectivity index (χ2v) is 5.75. The molecule has 0 aliphatic carbocycles. The lowest BCUT2D eigenvalue weighted by Gasteiger charge is -2.09. The van der Waals surface area contributed by atoms with Crippen LogP contribution in [-0.2, 0) is 0 Å². The summed E-state index contributed by atoms with van der Waals surface area (Å²) < 4.78 is 40.3. The number of alkyl halides is 3. The number of carbonyl (C=O) groups excluding carboxylic acids is 1. The van der Waals surface area contributed by atoms with Crippen LogP contribution in [0.25, 0.3) is 27.5 Å². The highest BCUT2D eigenvalue weighted by Gasteiger charge is 2.39. The molecule has 1 heterocycles. The SMILES string of the molecule is O=C(c1ccc2c3ccccc3n(-c3ccccc3)c2c1)C(F)(F)F. The van der Waals surface area contributed by atoms with Crippen molar-refractivity contribution in [1.29, 1.82) is 0 Å². The van der Waals surface area contributed by atoms with Crippen molar-refractivity contribution in [1.82, 2.24) is 4.57 Å². The molecular formula is C20H12F3NO. The third-order valence-corrected chi connectivity index (χ3v) is 4.21. The minimum atomic E-state index is -4.89. The molecule has 4 rings (SSSR count). The largest absolute Gasteiger partial charge is 0.454 e. The number of fused-ring (bicyclic) bond motifs is 3. The van der Waals surface area contributed by atoms with Gasteiger partial charge in [0.2, 0.25) is 0 Å². The Balaban J connectivity index is 2.08. The quantitative estimate of drug-likeness (QED) is 0.440. The van der Waals surface area contributed by atoms with Crippen LogP contribution in [0.5, 0.6) is 0 Å². The summed E-state index contributed by atoms with van der Waals surface area (Å²) in [6.45, 7) is 0. The third kappa shape index (κ3) is 2.48. The van der Waals surface area contributed by atoms with Crippen LogP contribution in [0.2, 0.25) is 0 Å². The Morgan fingerprint density at radius 3 is 2.12 bits per heavy atom. The van der Waals surface area contributed by atoms with Crippen molar-refractivity contribution in [2.75, 3.05) is 0 Å². The number of Topliss-reactive ketones (excluding diaryl/α,β-unsaturated/α-hetero) is 1. The molecule has 0 amide bonds. The first kappa shape index (κ1) is 15.4. The van der Waals surface area contributed by atoms with Crippen molar-refractivity contribution in [3.8, 4) is 5.69 Å². The van der Waals surface area contributed by atoms with E-state index in [-0.39, 0.29) is 5.56 Å². The predicted molar refractivity (Wildman–Crippen MR) is 91.2 cm³/mol. The van der Waals surface area contributed by atoms with Gasteiger partial charge >= 0.3 is 6.18 Å². The molecule has 0 spiro atoms. The van der Waals surface area contributed by atoms with Gasteiger partial charge in [-0.05, 0) is 24.3 Å². The number of hydrogen-bond acceptors (Lipinski definition) is 1. The van der Waals surface area contributed by atoms with Crippen molar-refractivity contribution in [3.63, 3.8) is 0 Å². The van der Waals surface area contributed by atoms with Crippen LogP contribution in [0.3, 0.4) is 0 Å². The molecule has 0 N–H and O–H groups in total. The maximum atomic E-state index is 12.8. The van der Waals surface area contributed by atoms with Crippen molar-refractivity contribution < 1.29 is 18.0 Å². The Bertz CT molecular complexity index is 1090. The van der Waals surface area contributed by atoms with Gasteiger partial charge in [0.05, 0.1) is 11.0 Å². The van der Waals surface area contributed by atoms with E-state index in [1.165, 1.54) is 12.1 Å². The first-order chi connectivity index (χ1) is 12.0. The molecule has 0 saturated carbocycles. The van der Waals surface area contributed by atoms with Crippen molar-refractivity contribution in [3.05, 3.63) is 78.4 Å². The fourth-order valence-corrected chi connectivity index (χ4v) is 3.13. The van der Waals surface area contributed by atoms with E-state index in [2.05, 4.69) is 0 Å². The zero-order valence-corrected chi connectivity index (χ0v) is 12.9. The zero-order valence-electron chi connectivity index (χ0n) is 12.9. The van der Waals surface area contributed by atoms with Crippen LogP contribution in [-0.4, -0.2) is 16.5 Å². The average molecular weight is 339 g/mol. The number of carbonyl (C=O) groups is 1. The van der Waals surface area contributed by atoms with E-state index in [1.54, 1.807) is 6.07 Å². The van der Waals surface area contributed by atoms with Gasteiger partial charge in [0, 0.05) is 22.0 Å². The molecule has 0 bridgehead atoms. The van der Waals surface area contributed by atoms with Crippen LogP contribution in [0.4, 0.5) is 13.2 Å².